The van der Waals surface area contributed by atoms with Crippen molar-refractivity contribution in [2.45, 2.75) is 0 Å². The van der Waals surface area contributed by atoms with E-state index in [0.29, 0.717) is 34.0 Å². The Kier molecular flexibility index (Phi) is 5.66. The number of hydrogen-bond donors (Lipinski definition) is 0. The van der Waals surface area contributed by atoms with Gasteiger partial charge in [-0.05, 0) is 30.3 Å². The first-order valence-corrected chi connectivity index (χ1v) is 8.62. The van der Waals surface area contributed by atoms with E-state index in [0.717, 1.165) is 0 Å². The Morgan fingerprint density at radius 3 is 2.70 bits per heavy atom. The predicted molar refractivity (Wildman–Crippen MR) is 103 cm³/mol. The van der Waals surface area contributed by atoms with Gasteiger partial charge in [-0.2, -0.15) is 0 Å². The summed E-state index contributed by atoms with van der Waals surface area (Å²) in [6, 6.07) is 13.7. The number of benzene rings is 2. The van der Waals surface area contributed by atoms with Gasteiger partial charge in [0, 0.05) is 17.5 Å². The molecule has 0 aliphatic rings. The molecule has 0 atom stereocenters. The minimum absolute atomic E-state index is 0.0407. The van der Waals surface area contributed by atoms with Gasteiger partial charge in [-0.3, -0.25) is 4.79 Å². The molecule has 0 radical (unpaired) electrons. The van der Waals surface area contributed by atoms with Gasteiger partial charge >= 0.3 is 5.63 Å². The summed E-state index contributed by atoms with van der Waals surface area (Å²) in [4.78, 5) is 26.3. The van der Waals surface area contributed by atoms with Gasteiger partial charge in [0.2, 0.25) is 0 Å². The molecule has 3 aromatic rings. The van der Waals surface area contributed by atoms with Crippen LogP contribution in [0, 0.1) is 0 Å². The average molecular weight is 388 g/mol. The fraction of sp³-hybridized carbons (Fsp3) is 0.200. The van der Waals surface area contributed by atoms with E-state index in [1.807, 2.05) is 0 Å². The van der Waals surface area contributed by atoms with E-state index >= 15 is 0 Å². The van der Waals surface area contributed by atoms with Crippen LogP contribution in [0.2, 0.25) is 5.02 Å². The van der Waals surface area contributed by atoms with E-state index in [1.54, 1.807) is 49.5 Å². The van der Waals surface area contributed by atoms with Gasteiger partial charge in [0.25, 0.3) is 5.91 Å². The first-order chi connectivity index (χ1) is 13.0. The molecule has 1 heterocycles. The smallest absolute Gasteiger partial charge is 0.349 e. The Hall–Kier alpha value is -2.99. The molecule has 1 aromatic heterocycles. The SMILES string of the molecule is COc1cccc2cc(C(=O)N(C)CCOc3cccc(Cl)c3)c(=O)oc12. The van der Waals surface area contributed by atoms with E-state index in [1.165, 1.54) is 18.1 Å². The lowest BCUT2D eigenvalue weighted by molar-refractivity contribution is 0.0769. The number of nitrogens with zero attached hydrogens (tertiary/aromatic N) is 1. The van der Waals surface area contributed by atoms with E-state index in [2.05, 4.69) is 0 Å². The number of hydrogen-bond acceptors (Lipinski definition) is 5. The fourth-order valence-electron chi connectivity index (χ4n) is 2.59. The number of likely N-dealkylation sites (N-methyl/N-ethyl adjacent to an activating group) is 1. The van der Waals surface area contributed by atoms with Gasteiger partial charge in [0.15, 0.2) is 11.3 Å². The van der Waals surface area contributed by atoms with Crippen LogP contribution in [0.15, 0.2) is 57.7 Å². The number of carbonyl (C=O) groups is 1. The van der Waals surface area contributed by atoms with Crippen LogP contribution >= 0.6 is 11.6 Å². The van der Waals surface area contributed by atoms with Crippen molar-refractivity contribution in [2.24, 2.45) is 0 Å². The van der Waals surface area contributed by atoms with Crippen LogP contribution in [0.5, 0.6) is 11.5 Å². The largest absolute Gasteiger partial charge is 0.493 e. The lowest BCUT2D eigenvalue weighted by Gasteiger charge is -2.17. The van der Waals surface area contributed by atoms with Crippen LogP contribution in [0.3, 0.4) is 0 Å². The van der Waals surface area contributed by atoms with Gasteiger partial charge in [0.1, 0.15) is 17.9 Å². The van der Waals surface area contributed by atoms with Crippen molar-refractivity contribution in [1.82, 2.24) is 4.90 Å². The Balaban J connectivity index is 1.73. The highest BCUT2D eigenvalue weighted by molar-refractivity contribution is 6.30. The molecule has 0 N–H and O–H groups in total. The lowest BCUT2D eigenvalue weighted by atomic mass is 10.1. The number of rotatable bonds is 6. The second-order valence-corrected chi connectivity index (χ2v) is 6.30. The molecular weight excluding hydrogens is 370 g/mol. The minimum atomic E-state index is -0.709. The van der Waals surface area contributed by atoms with Crippen LogP contribution in [0.25, 0.3) is 11.0 Å². The Bertz CT molecular complexity index is 1030. The van der Waals surface area contributed by atoms with E-state index in [4.69, 9.17) is 25.5 Å². The van der Waals surface area contributed by atoms with Crippen molar-refractivity contribution in [3.05, 3.63) is 69.5 Å². The maximum atomic E-state index is 12.6. The molecule has 0 bridgehead atoms. The number of para-hydroxylation sites is 1. The summed E-state index contributed by atoms with van der Waals surface area (Å²) in [6.45, 7) is 0.552. The molecule has 0 saturated heterocycles. The number of methoxy groups -OCH3 is 1. The molecule has 1 amide bonds. The molecule has 0 aliphatic heterocycles. The van der Waals surface area contributed by atoms with Crippen LogP contribution in [-0.2, 0) is 0 Å². The zero-order valence-corrected chi connectivity index (χ0v) is 15.7. The second kappa shape index (κ2) is 8.14. The maximum Gasteiger partial charge on any atom is 0.349 e. The third-order valence-electron chi connectivity index (χ3n) is 4.01. The first-order valence-electron chi connectivity index (χ1n) is 8.24. The Labute approximate surface area is 160 Å². The van der Waals surface area contributed by atoms with E-state index in [9.17, 15) is 9.59 Å². The summed E-state index contributed by atoms with van der Waals surface area (Å²) in [5.74, 6) is 0.607. The van der Waals surface area contributed by atoms with Crippen molar-refractivity contribution >= 4 is 28.5 Å². The molecule has 0 spiro atoms. The summed E-state index contributed by atoms with van der Waals surface area (Å²) in [7, 11) is 3.08. The maximum absolute atomic E-state index is 12.6. The highest BCUT2D eigenvalue weighted by Crippen LogP contribution is 2.24. The van der Waals surface area contributed by atoms with Crippen LogP contribution in [0.4, 0.5) is 0 Å². The van der Waals surface area contributed by atoms with Gasteiger partial charge in [0.05, 0.1) is 13.7 Å². The first kappa shape index (κ1) is 18.8. The molecule has 6 nitrogen and oxygen atoms in total. The third-order valence-corrected chi connectivity index (χ3v) is 4.25. The summed E-state index contributed by atoms with van der Waals surface area (Å²) < 4.78 is 16.1. The van der Waals surface area contributed by atoms with E-state index < -0.39 is 11.5 Å². The Morgan fingerprint density at radius 1 is 1.19 bits per heavy atom. The van der Waals surface area contributed by atoms with Crippen molar-refractivity contribution in [3.8, 4) is 11.5 Å². The molecule has 140 valence electrons. The molecule has 2 aromatic carbocycles. The standard InChI is InChI=1S/C20H18ClNO5/c1-22(9-10-26-15-7-4-6-14(21)12-15)19(23)16-11-13-5-3-8-17(25-2)18(13)27-20(16)24/h3-8,11-12H,9-10H2,1-2H3. The minimum Gasteiger partial charge on any atom is -0.493 e. The van der Waals surface area contributed by atoms with Gasteiger partial charge < -0.3 is 18.8 Å². The highest BCUT2D eigenvalue weighted by atomic mass is 35.5. The zero-order valence-electron chi connectivity index (χ0n) is 14.9. The quantitative estimate of drug-likeness (QED) is 0.604. The normalized spacial score (nSPS) is 10.6. The number of ether oxygens (including phenoxy) is 2. The number of amides is 1. The lowest BCUT2D eigenvalue weighted by Crippen LogP contribution is -2.33. The van der Waals surface area contributed by atoms with Crippen molar-refractivity contribution in [1.29, 1.82) is 0 Å². The van der Waals surface area contributed by atoms with Crippen LogP contribution in [0.1, 0.15) is 10.4 Å². The third kappa shape index (κ3) is 4.23. The summed E-state index contributed by atoms with van der Waals surface area (Å²) in [5.41, 5.74) is -0.436. The number of carbonyl (C=O) groups excluding carboxylic acids is 1. The second-order valence-electron chi connectivity index (χ2n) is 5.86. The van der Waals surface area contributed by atoms with Crippen LogP contribution < -0.4 is 15.1 Å². The molecule has 27 heavy (non-hydrogen) atoms. The molecular formula is C20H18ClNO5. The number of fused-ring (bicyclic) bond motifs is 1. The summed E-state index contributed by atoms with van der Waals surface area (Å²) >= 11 is 5.90. The predicted octanol–water partition coefficient (Wildman–Crippen LogP) is 3.61. The molecule has 0 fully saturated rings. The fourth-order valence-corrected chi connectivity index (χ4v) is 2.77. The Morgan fingerprint density at radius 2 is 1.96 bits per heavy atom. The molecule has 3 rings (SSSR count). The van der Waals surface area contributed by atoms with Crippen molar-refractivity contribution in [3.63, 3.8) is 0 Å². The average Bonchev–Trinajstić information content (AvgIpc) is 2.66. The summed E-state index contributed by atoms with van der Waals surface area (Å²) in [6.07, 6.45) is 0. The topological polar surface area (TPSA) is 69.0 Å². The zero-order chi connectivity index (χ0) is 19.4. The van der Waals surface area contributed by atoms with E-state index in [-0.39, 0.29) is 12.2 Å². The number of halogens is 1. The molecule has 0 saturated carbocycles. The van der Waals surface area contributed by atoms with Gasteiger partial charge in [-0.1, -0.05) is 29.8 Å². The monoisotopic (exact) mass is 387 g/mol. The van der Waals surface area contributed by atoms with Crippen LogP contribution in [-0.4, -0.2) is 38.1 Å². The molecule has 0 aliphatic carbocycles. The van der Waals surface area contributed by atoms with Gasteiger partial charge in [-0.25, -0.2) is 4.79 Å². The van der Waals surface area contributed by atoms with Crippen molar-refractivity contribution in [2.75, 3.05) is 27.3 Å². The van der Waals surface area contributed by atoms with Crippen molar-refractivity contribution < 1.29 is 18.7 Å². The molecule has 7 heteroatoms. The highest BCUT2D eigenvalue weighted by Gasteiger charge is 2.19. The summed E-state index contributed by atoms with van der Waals surface area (Å²) in [5, 5.41) is 1.18. The van der Waals surface area contributed by atoms with Gasteiger partial charge in [-0.15, -0.1) is 0 Å². The molecule has 0 unspecified atom stereocenters.